The minimum atomic E-state index is -0.435. The predicted octanol–water partition coefficient (Wildman–Crippen LogP) is 0.830. The van der Waals surface area contributed by atoms with Crippen molar-refractivity contribution >= 4 is 0 Å². The molecule has 0 aliphatic carbocycles. The summed E-state index contributed by atoms with van der Waals surface area (Å²) in [6.07, 6.45) is 4.13. The van der Waals surface area contributed by atoms with Crippen molar-refractivity contribution in [2.45, 2.75) is 31.5 Å². The zero-order valence-corrected chi connectivity index (χ0v) is 7.03. The lowest BCUT2D eigenvalue weighted by atomic mass is 10.0. The quantitative estimate of drug-likeness (QED) is 0.667. The van der Waals surface area contributed by atoms with Crippen LogP contribution < -0.4 is 0 Å². The van der Waals surface area contributed by atoms with E-state index in [0.717, 1.165) is 31.4 Å². The predicted molar refractivity (Wildman–Crippen MR) is 43.6 cm³/mol. The lowest BCUT2D eigenvalue weighted by molar-refractivity contribution is 0.0163. The molecule has 3 nitrogen and oxygen atoms in total. The zero-order valence-electron chi connectivity index (χ0n) is 7.03. The Labute approximate surface area is 72.0 Å². The van der Waals surface area contributed by atoms with Gasteiger partial charge in [-0.1, -0.05) is 0 Å². The summed E-state index contributed by atoms with van der Waals surface area (Å²) < 4.78 is 10.4. The van der Waals surface area contributed by atoms with Gasteiger partial charge >= 0.3 is 0 Å². The van der Waals surface area contributed by atoms with E-state index in [4.69, 9.17) is 9.47 Å². The van der Waals surface area contributed by atoms with Crippen molar-refractivity contribution in [2.75, 3.05) is 13.2 Å². The van der Waals surface area contributed by atoms with E-state index < -0.39 is 6.10 Å². The number of hydrogen-bond donors (Lipinski definition) is 1. The van der Waals surface area contributed by atoms with Crippen LogP contribution >= 0.6 is 0 Å². The minimum Gasteiger partial charge on any atom is -0.501 e. The normalized spacial score (nSPS) is 31.4. The molecule has 0 aromatic heterocycles. The molecule has 1 fully saturated rings. The highest BCUT2D eigenvalue weighted by molar-refractivity contribution is 5.11. The SMILES string of the molecule is OC(C1=COCC1)C1CCCO1. The Morgan fingerprint density at radius 1 is 1.50 bits per heavy atom. The largest absolute Gasteiger partial charge is 0.501 e. The third-order valence-electron chi connectivity index (χ3n) is 2.44. The van der Waals surface area contributed by atoms with Crippen molar-refractivity contribution in [2.24, 2.45) is 0 Å². The molecule has 0 aromatic carbocycles. The maximum Gasteiger partial charge on any atom is 0.104 e. The maximum absolute atomic E-state index is 9.78. The van der Waals surface area contributed by atoms with Gasteiger partial charge in [-0.25, -0.2) is 0 Å². The van der Waals surface area contributed by atoms with Crippen LogP contribution in [0.25, 0.3) is 0 Å². The first kappa shape index (κ1) is 8.08. The van der Waals surface area contributed by atoms with E-state index in [2.05, 4.69) is 0 Å². The van der Waals surface area contributed by atoms with E-state index in [-0.39, 0.29) is 6.10 Å². The van der Waals surface area contributed by atoms with Crippen LogP contribution in [0.15, 0.2) is 11.8 Å². The summed E-state index contributed by atoms with van der Waals surface area (Å²) >= 11 is 0. The number of rotatable bonds is 2. The van der Waals surface area contributed by atoms with Gasteiger partial charge in [-0.05, 0) is 18.4 Å². The Morgan fingerprint density at radius 3 is 3.00 bits per heavy atom. The molecule has 2 unspecified atom stereocenters. The highest BCUT2D eigenvalue weighted by atomic mass is 16.5. The van der Waals surface area contributed by atoms with Crippen molar-refractivity contribution in [1.29, 1.82) is 0 Å². The number of aliphatic hydroxyl groups is 1. The van der Waals surface area contributed by atoms with Crippen LogP contribution in [-0.2, 0) is 9.47 Å². The van der Waals surface area contributed by atoms with Gasteiger partial charge in [-0.2, -0.15) is 0 Å². The number of aliphatic hydroxyl groups excluding tert-OH is 1. The second kappa shape index (κ2) is 3.46. The first-order valence-electron chi connectivity index (χ1n) is 4.48. The third kappa shape index (κ3) is 1.47. The highest BCUT2D eigenvalue weighted by Crippen LogP contribution is 2.24. The van der Waals surface area contributed by atoms with Gasteiger partial charge in [0.2, 0.25) is 0 Å². The van der Waals surface area contributed by atoms with Crippen molar-refractivity contribution in [1.82, 2.24) is 0 Å². The molecule has 0 aromatic rings. The van der Waals surface area contributed by atoms with Crippen molar-refractivity contribution < 1.29 is 14.6 Å². The maximum atomic E-state index is 9.78. The minimum absolute atomic E-state index is 0.0120. The lowest BCUT2D eigenvalue weighted by Crippen LogP contribution is -2.26. The van der Waals surface area contributed by atoms with Crippen LogP contribution in [-0.4, -0.2) is 30.5 Å². The monoisotopic (exact) mass is 170 g/mol. The fraction of sp³-hybridized carbons (Fsp3) is 0.778. The van der Waals surface area contributed by atoms with Crippen LogP contribution in [0.1, 0.15) is 19.3 Å². The van der Waals surface area contributed by atoms with Crippen LogP contribution in [0.5, 0.6) is 0 Å². The fourth-order valence-electron chi connectivity index (χ4n) is 1.71. The average Bonchev–Trinajstić information content (AvgIpc) is 2.77. The van der Waals surface area contributed by atoms with Gasteiger partial charge in [0, 0.05) is 13.0 Å². The standard InChI is InChI=1S/C9H14O3/c10-9(7-3-5-11-6-7)8-2-1-4-12-8/h6,8-10H,1-5H2. The molecule has 0 saturated carbocycles. The summed E-state index contributed by atoms with van der Waals surface area (Å²) in [7, 11) is 0. The van der Waals surface area contributed by atoms with Gasteiger partial charge in [0.15, 0.2) is 0 Å². The number of hydrogen-bond acceptors (Lipinski definition) is 3. The number of ether oxygens (including phenoxy) is 2. The first-order chi connectivity index (χ1) is 5.88. The molecular weight excluding hydrogens is 156 g/mol. The average molecular weight is 170 g/mol. The van der Waals surface area contributed by atoms with E-state index in [1.807, 2.05) is 0 Å². The zero-order chi connectivity index (χ0) is 8.39. The Kier molecular flexibility index (Phi) is 2.33. The van der Waals surface area contributed by atoms with Gasteiger partial charge in [0.1, 0.15) is 6.10 Å². The molecule has 0 radical (unpaired) electrons. The summed E-state index contributed by atoms with van der Waals surface area (Å²) in [5.74, 6) is 0. The van der Waals surface area contributed by atoms with E-state index >= 15 is 0 Å². The second-order valence-corrected chi connectivity index (χ2v) is 3.31. The summed E-state index contributed by atoms with van der Waals surface area (Å²) in [6, 6.07) is 0. The van der Waals surface area contributed by atoms with E-state index in [0.29, 0.717) is 6.61 Å². The van der Waals surface area contributed by atoms with Crippen LogP contribution in [0, 0.1) is 0 Å². The molecule has 0 spiro atoms. The van der Waals surface area contributed by atoms with Gasteiger partial charge in [0.05, 0.1) is 19.0 Å². The van der Waals surface area contributed by atoms with Crippen LogP contribution in [0.2, 0.25) is 0 Å². The summed E-state index contributed by atoms with van der Waals surface area (Å²) in [6.45, 7) is 1.50. The third-order valence-corrected chi connectivity index (χ3v) is 2.44. The molecular formula is C9H14O3. The summed E-state index contributed by atoms with van der Waals surface area (Å²) in [5, 5.41) is 9.78. The Hall–Kier alpha value is -0.540. The Morgan fingerprint density at radius 2 is 2.42 bits per heavy atom. The first-order valence-corrected chi connectivity index (χ1v) is 4.48. The van der Waals surface area contributed by atoms with Crippen LogP contribution in [0.4, 0.5) is 0 Å². The lowest BCUT2D eigenvalue weighted by Gasteiger charge is -2.17. The van der Waals surface area contributed by atoms with Gasteiger partial charge in [-0.15, -0.1) is 0 Å². The molecule has 2 atom stereocenters. The van der Waals surface area contributed by atoms with E-state index in [1.165, 1.54) is 0 Å². The van der Waals surface area contributed by atoms with Crippen molar-refractivity contribution in [3.05, 3.63) is 11.8 Å². The van der Waals surface area contributed by atoms with Gasteiger partial charge in [-0.3, -0.25) is 0 Å². The fourth-order valence-corrected chi connectivity index (χ4v) is 1.71. The Balaban J connectivity index is 1.93. The van der Waals surface area contributed by atoms with Gasteiger partial charge in [0.25, 0.3) is 0 Å². The van der Waals surface area contributed by atoms with Crippen molar-refractivity contribution in [3.63, 3.8) is 0 Å². The molecule has 1 N–H and O–H groups in total. The van der Waals surface area contributed by atoms with E-state index in [9.17, 15) is 5.11 Å². The van der Waals surface area contributed by atoms with Gasteiger partial charge < -0.3 is 14.6 Å². The second-order valence-electron chi connectivity index (χ2n) is 3.31. The smallest absolute Gasteiger partial charge is 0.104 e. The topological polar surface area (TPSA) is 38.7 Å². The molecule has 2 heterocycles. The summed E-state index contributed by atoms with van der Waals surface area (Å²) in [4.78, 5) is 0. The van der Waals surface area contributed by atoms with E-state index in [1.54, 1.807) is 6.26 Å². The highest BCUT2D eigenvalue weighted by Gasteiger charge is 2.28. The molecule has 68 valence electrons. The molecule has 2 aliphatic rings. The van der Waals surface area contributed by atoms with Crippen molar-refractivity contribution in [3.8, 4) is 0 Å². The summed E-state index contributed by atoms with van der Waals surface area (Å²) in [5.41, 5.74) is 0.988. The molecule has 2 aliphatic heterocycles. The molecule has 2 rings (SSSR count). The van der Waals surface area contributed by atoms with Crippen LogP contribution in [0.3, 0.4) is 0 Å². The Bertz CT molecular complexity index is 182. The molecule has 12 heavy (non-hydrogen) atoms. The molecule has 0 amide bonds. The molecule has 3 heteroatoms. The molecule has 1 saturated heterocycles. The molecule has 0 bridgehead atoms.